The molecule has 2 rings (SSSR count). The summed E-state index contributed by atoms with van der Waals surface area (Å²) in [5.41, 5.74) is 2.23. The van der Waals surface area contributed by atoms with Crippen molar-refractivity contribution in [1.82, 2.24) is 10.3 Å². The molecule has 1 aromatic carbocycles. The molecule has 20 heavy (non-hydrogen) atoms. The van der Waals surface area contributed by atoms with Gasteiger partial charge in [-0.15, -0.1) is 11.3 Å². The zero-order valence-corrected chi connectivity index (χ0v) is 14.1. The van der Waals surface area contributed by atoms with E-state index in [1.165, 1.54) is 0 Å². The second-order valence-electron chi connectivity index (χ2n) is 4.85. The molecule has 2 unspecified atom stereocenters. The summed E-state index contributed by atoms with van der Waals surface area (Å²) in [7, 11) is 0. The van der Waals surface area contributed by atoms with E-state index in [0.29, 0.717) is 10.0 Å². The molecule has 108 valence electrons. The number of benzene rings is 1. The van der Waals surface area contributed by atoms with Crippen molar-refractivity contribution in [2.75, 3.05) is 0 Å². The Kier molecular flexibility index (Phi) is 5.44. The van der Waals surface area contributed by atoms with E-state index < -0.39 is 0 Å². The first kappa shape index (κ1) is 15.8. The Labute approximate surface area is 134 Å². The van der Waals surface area contributed by atoms with E-state index in [2.05, 4.69) is 29.5 Å². The molecule has 2 atom stereocenters. The van der Waals surface area contributed by atoms with Crippen LogP contribution >= 0.6 is 34.5 Å². The third-order valence-corrected chi connectivity index (χ3v) is 5.10. The average molecular weight is 329 g/mol. The van der Waals surface area contributed by atoms with E-state index in [9.17, 15) is 0 Å². The van der Waals surface area contributed by atoms with Crippen molar-refractivity contribution < 1.29 is 0 Å². The first-order valence-electron chi connectivity index (χ1n) is 6.64. The Morgan fingerprint density at radius 2 is 2.05 bits per heavy atom. The van der Waals surface area contributed by atoms with Gasteiger partial charge in [0.15, 0.2) is 0 Å². The summed E-state index contributed by atoms with van der Waals surface area (Å²) < 4.78 is 0. The number of aromatic nitrogens is 1. The van der Waals surface area contributed by atoms with E-state index >= 15 is 0 Å². The molecule has 0 spiro atoms. The highest BCUT2D eigenvalue weighted by molar-refractivity contribution is 7.09. The summed E-state index contributed by atoms with van der Waals surface area (Å²) >= 11 is 13.8. The summed E-state index contributed by atoms with van der Waals surface area (Å²) in [6, 6.07) is 6.26. The highest BCUT2D eigenvalue weighted by Gasteiger charge is 2.16. The SMILES string of the molecule is CCC(NC(C)c1nc(C)cs1)c1ccc(Cl)c(Cl)c1. The second-order valence-corrected chi connectivity index (χ2v) is 6.55. The Morgan fingerprint density at radius 3 is 2.60 bits per heavy atom. The monoisotopic (exact) mass is 328 g/mol. The van der Waals surface area contributed by atoms with E-state index in [-0.39, 0.29) is 12.1 Å². The molecule has 0 bridgehead atoms. The maximum absolute atomic E-state index is 6.10. The molecular weight excluding hydrogens is 311 g/mol. The van der Waals surface area contributed by atoms with Crippen molar-refractivity contribution in [3.05, 3.63) is 49.9 Å². The van der Waals surface area contributed by atoms with Crippen molar-refractivity contribution in [2.45, 2.75) is 39.3 Å². The van der Waals surface area contributed by atoms with Gasteiger partial charge in [-0.2, -0.15) is 0 Å². The highest BCUT2D eigenvalue weighted by Crippen LogP contribution is 2.29. The molecule has 5 heteroatoms. The Balaban J connectivity index is 2.14. The largest absolute Gasteiger partial charge is 0.301 e. The number of thiazole rings is 1. The van der Waals surface area contributed by atoms with E-state index in [0.717, 1.165) is 22.7 Å². The van der Waals surface area contributed by atoms with Gasteiger partial charge in [0.05, 0.1) is 16.1 Å². The summed E-state index contributed by atoms with van der Waals surface area (Å²) in [6.07, 6.45) is 0.979. The smallest absolute Gasteiger partial charge is 0.110 e. The highest BCUT2D eigenvalue weighted by atomic mass is 35.5. The molecule has 1 N–H and O–H groups in total. The van der Waals surface area contributed by atoms with Crippen molar-refractivity contribution in [3.63, 3.8) is 0 Å². The lowest BCUT2D eigenvalue weighted by Gasteiger charge is -2.22. The zero-order valence-electron chi connectivity index (χ0n) is 11.8. The third kappa shape index (κ3) is 3.73. The van der Waals surface area contributed by atoms with E-state index in [1.807, 2.05) is 25.1 Å². The van der Waals surface area contributed by atoms with Crippen LogP contribution in [-0.4, -0.2) is 4.98 Å². The van der Waals surface area contributed by atoms with Gasteiger partial charge in [0, 0.05) is 17.1 Å². The molecule has 0 radical (unpaired) electrons. The van der Waals surface area contributed by atoms with Gasteiger partial charge in [-0.05, 0) is 38.0 Å². The van der Waals surface area contributed by atoms with Crippen molar-refractivity contribution in [2.24, 2.45) is 0 Å². The molecule has 0 amide bonds. The van der Waals surface area contributed by atoms with Crippen LogP contribution in [0.15, 0.2) is 23.6 Å². The molecule has 2 nitrogen and oxygen atoms in total. The number of rotatable bonds is 5. The van der Waals surface area contributed by atoms with Crippen LogP contribution < -0.4 is 5.32 Å². The fourth-order valence-corrected chi connectivity index (χ4v) is 3.24. The van der Waals surface area contributed by atoms with Crippen LogP contribution in [0.5, 0.6) is 0 Å². The maximum atomic E-state index is 6.10. The Bertz CT molecular complexity index is 583. The minimum Gasteiger partial charge on any atom is -0.301 e. The fraction of sp³-hybridized carbons (Fsp3) is 0.400. The lowest BCUT2D eigenvalue weighted by molar-refractivity contribution is 0.455. The van der Waals surface area contributed by atoms with Crippen LogP contribution in [-0.2, 0) is 0 Å². The van der Waals surface area contributed by atoms with Gasteiger partial charge in [0.2, 0.25) is 0 Å². The predicted molar refractivity (Wildman–Crippen MR) is 87.9 cm³/mol. The molecule has 2 aromatic rings. The standard InChI is InChI=1S/C15H18Cl2N2S/c1-4-14(11-5-6-12(16)13(17)7-11)19-10(3)15-18-9(2)8-20-15/h5-8,10,14,19H,4H2,1-3H3. The number of halogens is 2. The third-order valence-electron chi connectivity index (χ3n) is 3.21. The number of hydrogen-bond acceptors (Lipinski definition) is 3. The Morgan fingerprint density at radius 1 is 1.30 bits per heavy atom. The second kappa shape index (κ2) is 6.90. The zero-order chi connectivity index (χ0) is 14.7. The van der Waals surface area contributed by atoms with Gasteiger partial charge in [-0.3, -0.25) is 0 Å². The summed E-state index contributed by atoms with van der Waals surface area (Å²) in [5.74, 6) is 0. The van der Waals surface area contributed by atoms with Crippen molar-refractivity contribution in [3.8, 4) is 0 Å². The average Bonchev–Trinajstić information content (AvgIpc) is 2.86. The van der Waals surface area contributed by atoms with Crippen LogP contribution in [0.2, 0.25) is 10.0 Å². The lowest BCUT2D eigenvalue weighted by atomic mass is 10.0. The van der Waals surface area contributed by atoms with Crippen LogP contribution in [0.25, 0.3) is 0 Å². The first-order chi connectivity index (χ1) is 9.51. The molecule has 0 fully saturated rings. The van der Waals surface area contributed by atoms with Gasteiger partial charge in [-0.1, -0.05) is 36.2 Å². The lowest BCUT2D eigenvalue weighted by Crippen LogP contribution is -2.24. The van der Waals surface area contributed by atoms with Gasteiger partial charge in [-0.25, -0.2) is 4.98 Å². The number of hydrogen-bond donors (Lipinski definition) is 1. The van der Waals surface area contributed by atoms with Crippen LogP contribution in [0.4, 0.5) is 0 Å². The topological polar surface area (TPSA) is 24.9 Å². The summed E-state index contributed by atoms with van der Waals surface area (Å²) in [5, 5.41) is 7.99. The summed E-state index contributed by atoms with van der Waals surface area (Å²) in [6.45, 7) is 6.31. The van der Waals surface area contributed by atoms with Gasteiger partial charge >= 0.3 is 0 Å². The number of nitrogens with zero attached hydrogens (tertiary/aromatic N) is 1. The molecule has 0 saturated heterocycles. The van der Waals surface area contributed by atoms with Crippen LogP contribution in [0.1, 0.15) is 48.6 Å². The van der Waals surface area contributed by atoms with Gasteiger partial charge < -0.3 is 5.32 Å². The van der Waals surface area contributed by atoms with Crippen LogP contribution in [0.3, 0.4) is 0 Å². The molecule has 1 heterocycles. The van der Waals surface area contributed by atoms with Crippen LogP contribution in [0, 0.1) is 6.92 Å². The molecule has 0 aliphatic carbocycles. The maximum Gasteiger partial charge on any atom is 0.110 e. The molecule has 1 aromatic heterocycles. The van der Waals surface area contributed by atoms with Crippen molar-refractivity contribution >= 4 is 34.5 Å². The molecular formula is C15H18Cl2N2S. The quantitative estimate of drug-likeness (QED) is 0.777. The molecule has 0 saturated carbocycles. The summed E-state index contributed by atoms with van der Waals surface area (Å²) in [4.78, 5) is 4.53. The first-order valence-corrected chi connectivity index (χ1v) is 8.27. The Hall–Kier alpha value is -0.610. The fourth-order valence-electron chi connectivity index (χ4n) is 2.12. The number of nitrogens with one attached hydrogen (secondary N) is 1. The normalized spacial score (nSPS) is 14.2. The predicted octanol–water partition coefficient (Wildman–Crippen LogP) is 5.56. The van der Waals surface area contributed by atoms with Crippen molar-refractivity contribution in [1.29, 1.82) is 0 Å². The minimum atomic E-state index is 0.216. The number of aryl methyl sites for hydroxylation is 1. The van der Waals surface area contributed by atoms with E-state index in [1.54, 1.807) is 11.3 Å². The molecule has 0 aliphatic heterocycles. The van der Waals surface area contributed by atoms with Gasteiger partial charge in [0.1, 0.15) is 5.01 Å². The minimum absolute atomic E-state index is 0.216. The molecule has 0 aliphatic rings. The van der Waals surface area contributed by atoms with Gasteiger partial charge in [0.25, 0.3) is 0 Å². The van der Waals surface area contributed by atoms with E-state index in [4.69, 9.17) is 23.2 Å².